The van der Waals surface area contributed by atoms with Gasteiger partial charge in [0.1, 0.15) is 0 Å². The molecule has 0 fully saturated rings. The van der Waals surface area contributed by atoms with Gasteiger partial charge in [0.25, 0.3) is 0 Å². The van der Waals surface area contributed by atoms with E-state index in [9.17, 15) is 34.5 Å². The van der Waals surface area contributed by atoms with E-state index >= 15 is 0 Å². The van der Waals surface area contributed by atoms with Gasteiger partial charge in [0.15, 0.2) is 0 Å². The molecule has 0 rings (SSSR count). The van der Waals surface area contributed by atoms with Crippen LogP contribution < -0.4 is 0 Å². The average molecular weight is 198 g/mol. The van der Waals surface area contributed by atoms with Gasteiger partial charge in [-0.1, -0.05) is 0 Å². The third kappa shape index (κ3) is 6360. The Bertz CT molecular complexity index is 55.1. The molecule has 0 atom stereocenters. The van der Waals surface area contributed by atoms with Gasteiger partial charge < -0.3 is 34.5 Å². The second-order valence-electron chi connectivity index (χ2n) is 0.990. The molecule has 0 saturated carbocycles. The van der Waals surface area contributed by atoms with Crippen molar-refractivity contribution in [1.82, 2.24) is 0 Å². The van der Waals surface area contributed by atoms with Gasteiger partial charge in [-0.3, -0.25) is 0 Å². The van der Waals surface area contributed by atoms with Crippen LogP contribution in [0.4, 0.5) is 34.5 Å². The zero-order chi connectivity index (χ0) is 9.00. The molecule has 64 valence electrons. The minimum Gasteiger partial charge on any atom is -0.418 e. The minimum absolute atomic E-state index is 0. The Morgan fingerprint density at radius 1 is 0.455 bits per heavy atom. The smallest absolute Gasteiger partial charge is 0.418 e. The van der Waals surface area contributed by atoms with E-state index in [2.05, 4.69) is 0 Å². The fraction of sp³-hybridized carbons (Fsp3) is 0. The Labute approximate surface area is 72.7 Å². The molecule has 0 aromatic carbocycles. The topological polar surface area (TPSA) is 0 Å². The molecule has 11 heteroatoms. The monoisotopic (exact) mass is 198 g/mol. The largest absolute Gasteiger partial charge is 2.00 e. The summed E-state index contributed by atoms with van der Waals surface area (Å²) in [7, 11) is -12.0. The van der Waals surface area contributed by atoms with Crippen molar-refractivity contribution in [2.75, 3.05) is 0 Å². The molecule has 0 spiro atoms. The van der Waals surface area contributed by atoms with Crippen LogP contribution in [0.15, 0.2) is 0 Å². The van der Waals surface area contributed by atoms with E-state index in [1.165, 1.54) is 0 Å². The normalized spacial score (nSPS) is 10.9. The van der Waals surface area contributed by atoms with Crippen LogP contribution in [-0.2, 0) is 0 Å². The third-order valence-electron chi connectivity index (χ3n) is 0. The van der Waals surface area contributed by atoms with Crippen molar-refractivity contribution in [3.8, 4) is 0 Å². The summed E-state index contributed by atoms with van der Waals surface area (Å²) < 4.78 is 78.0. The first-order chi connectivity index (χ1) is 4.00. The minimum atomic E-state index is -6.00. The van der Waals surface area contributed by atoms with E-state index in [1.54, 1.807) is 0 Å². The summed E-state index contributed by atoms with van der Waals surface area (Å²) in [4.78, 5) is 0. The van der Waals surface area contributed by atoms with E-state index < -0.39 is 14.5 Å². The van der Waals surface area contributed by atoms with Gasteiger partial charge >= 0.3 is 37.6 Å². The Balaban J connectivity index is -0.000000107. The van der Waals surface area contributed by atoms with Gasteiger partial charge in [0, 0.05) is 0 Å². The summed E-state index contributed by atoms with van der Waals surface area (Å²) in [6, 6.07) is 0. The van der Waals surface area contributed by atoms with Crippen LogP contribution in [-0.4, -0.2) is 37.6 Å². The first-order valence-corrected chi connectivity index (χ1v) is 1.75. The zero-order valence-corrected chi connectivity index (χ0v) is 6.30. The van der Waals surface area contributed by atoms with Crippen molar-refractivity contribution in [2.45, 2.75) is 0 Å². The van der Waals surface area contributed by atoms with Crippen LogP contribution >= 0.6 is 0 Å². The maximum atomic E-state index is 9.75. The molecule has 0 unspecified atom stereocenters. The van der Waals surface area contributed by atoms with Gasteiger partial charge in [-0.05, 0) is 0 Å². The molecule has 11 heavy (non-hydrogen) atoms. The summed E-state index contributed by atoms with van der Waals surface area (Å²) in [5, 5.41) is 0. The molecular weight excluding hydrogens is 198 g/mol. The molecule has 0 aliphatic rings. The number of hydrogen-bond acceptors (Lipinski definition) is 0. The fourth-order valence-corrected chi connectivity index (χ4v) is 0. The first-order valence-electron chi connectivity index (χ1n) is 1.75. The Morgan fingerprint density at radius 2 is 0.455 bits per heavy atom. The van der Waals surface area contributed by atoms with Gasteiger partial charge in [0.05, 0.1) is 0 Å². The van der Waals surface area contributed by atoms with E-state index in [4.69, 9.17) is 0 Å². The first kappa shape index (κ1) is 17.4. The molecule has 0 saturated heterocycles. The second-order valence-corrected chi connectivity index (χ2v) is 0.990. The van der Waals surface area contributed by atoms with E-state index in [0.717, 1.165) is 0 Å². The van der Waals surface area contributed by atoms with Crippen LogP contribution in [0.2, 0.25) is 0 Å². The summed E-state index contributed by atoms with van der Waals surface area (Å²) >= 11 is 0. The maximum absolute atomic E-state index is 9.75. The number of rotatable bonds is 0. The number of hydrogen-bond donors (Lipinski definition) is 0. The van der Waals surface area contributed by atoms with E-state index in [1.807, 2.05) is 0 Å². The summed E-state index contributed by atoms with van der Waals surface area (Å²) in [5.41, 5.74) is 0. The molecule has 0 radical (unpaired) electrons. The summed E-state index contributed by atoms with van der Waals surface area (Å²) in [5.74, 6) is 0. The Kier molecular flexibility index (Phi) is 9.38. The van der Waals surface area contributed by atoms with E-state index in [-0.39, 0.29) is 23.1 Å². The SMILES string of the molecule is F[B-](F)(F)F.F[B-](F)(F)F.[Mg+2]. The molecule has 0 nitrogen and oxygen atoms in total. The molecule has 0 N–H and O–H groups in total. The van der Waals surface area contributed by atoms with Crippen molar-refractivity contribution in [2.24, 2.45) is 0 Å². The predicted molar refractivity (Wildman–Crippen MR) is 26.1 cm³/mol. The quantitative estimate of drug-likeness (QED) is 0.413. The number of halogens is 8. The summed E-state index contributed by atoms with van der Waals surface area (Å²) in [6.45, 7) is 0. The summed E-state index contributed by atoms with van der Waals surface area (Å²) in [6.07, 6.45) is 0. The molecule has 0 aliphatic carbocycles. The molecule has 0 bridgehead atoms. The Hall–Kier alpha value is 0.336. The molecule has 0 aliphatic heterocycles. The Morgan fingerprint density at radius 3 is 0.455 bits per heavy atom. The van der Waals surface area contributed by atoms with Gasteiger partial charge in [-0.15, -0.1) is 0 Å². The van der Waals surface area contributed by atoms with Crippen LogP contribution in [0.3, 0.4) is 0 Å². The molecule has 0 heterocycles. The van der Waals surface area contributed by atoms with Crippen molar-refractivity contribution in [3.05, 3.63) is 0 Å². The van der Waals surface area contributed by atoms with Crippen molar-refractivity contribution in [1.29, 1.82) is 0 Å². The standard InChI is InChI=1S/2BF4.Mg/c2*2-1(3,4)5;/q2*-1;+2. The van der Waals surface area contributed by atoms with Crippen LogP contribution in [0.1, 0.15) is 0 Å². The van der Waals surface area contributed by atoms with Crippen LogP contribution in [0, 0.1) is 0 Å². The fourth-order valence-electron chi connectivity index (χ4n) is 0. The zero-order valence-electron chi connectivity index (χ0n) is 4.89. The molecule has 0 aromatic rings. The van der Waals surface area contributed by atoms with Gasteiger partial charge in [0.2, 0.25) is 0 Å². The van der Waals surface area contributed by atoms with Crippen LogP contribution in [0.25, 0.3) is 0 Å². The van der Waals surface area contributed by atoms with Gasteiger partial charge in [-0.2, -0.15) is 0 Å². The molecular formula is B2F8Mg. The van der Waals surface area contributed by atoms with Gasteiger partial charge in [-0.25, -0.2) is 0 Å². The van der Waals surface area contributed by atoms with Crippen molar-refractivity contribution < 1.29 is 34.5 Å². The third-order valence-corrected chi connectivity index (χ3v) is 0. The van der Waals surface area contributed by atoms with Crippen molar-refractivity contribution >= 4 is 37.6 Å². The maximum Gasteiger partial charge on any atom is 2.00 e. The predicted octanol–water partition coefficient (Wildman–Crippen LogP) is 2.22. The van der Waals surface area contributed by atoms with Crippen molar-refractivity contribution in [3.63, 3.8) is 0 Å². The molecule has 0 amide bonds. The molecule has 0 aromatic heterocycles. The van der Waals surface area contributed by atoms with Crippen LogP contribution in [0.5, 0.6) is 0 Å². The average Bonchev–Trinajstić information content (AvgIpc) is 1.12. The second kappa shape index (κ2) is 5.92. The van der Waals surface area contributed by atoms with E-state index in [0.29, 0.717) is 0 Å².